The topological polar surface area (TPSA) is 66.1 Å². The van der Waals surface area contributed by atoms with Crippen molar-refractivity contribution in [3.63, 3.8) is 0 Å². The first-order valence-corrected chi connectivity index (χ1v) is 5.85. The van der Waals surface area contributed by atoms with Gasteiger partial charge in [-0.2, -0.15) is 0 Å². The second-order valence-electron chi connectivity index (χ2n) is 4.50. The van der Waals surface area contributed by atoms with E-state index in [1.807, 2.05) is 26.0 Å². The molecule has 2 rings (SSSR count). The van der Waals surface area contributed by atoms with Crippen LogP contribution in [-0.2, 0) is 11.3 Å². The fourth-order valence-electron chi connectivity index (χ4n) is 1.80. The number of nitrogens with zero attached hydrogens (tertiary/aromatic N) is 1. The third kappa shape index (κ3) is 3.25. The van der Waals surface area contributed by atoms with Crippen molar-refractivity contribution in [1.82, 2.24) is 21.2 Å². The van der Waals surface area contributed by atoms with Gasteiger partial charge in [0, 0.05) is 24.5 Å². The van der Waals surface area contributed by atoms with Crippen LogP contribution in [0.25, 0.3) is 0 Å². The van der Waals surface area contributed by atoms with Crippen molar-refractivity contribution in [2.45, 2.75) is 38.9 Å². The molecule has 0 spiro atoms. The number of hydrazine groups is 1. The lowest BCUT2D eigenvalue weighted by Crippen LogP contribution is -2.43. The van der Waals surface area contributed by atoms with E-state index in [0.29, 0.717) is 12.6 Å². The molecule has 0 aliphatic carbocycles. The van der Waals surface area contributed by atoms with Crippen LogP contribution in [-0.4, -0.2) is 23.0 Å². The quantitative estimate of drug-likeness (QED) is 0.702. The monoisotopic (exact) mass is 234 g/mol. The Morgan fingerprint density at radius 3 is 2.94 bits per heavy atom. The first kappa shape index (κ1) is 12.0. The summed E-state index contributed by atoms with van der Waals surface area (Å²) < 4.78 is 0. The van der Waals surface area contributed by atoms with Gasteiger partial charge >= 0.3 is 0 Å². The van der Waals surface area contributed by atoms with Crippen LogP contribution in [0.1, 0.15) is 24.6 Å². The van der Waals surface area contributed by atoms with Crippen molar-refractivity contribution in [1.29, 1.82) is 0 Å². The number of hydrogen-bond acceptors (Lipinski definition) is 4. The lowest BCUT2D eigenvalue weighted by Gasteiger charge is -2.10. The molecule has 0 aromatic carbocycles. The Morgan fingerprint density at radius 1 is 1.53 bits per heavy atom. The lowest BCUT2D eigenvalue weighted by atomic mass is 10.1. The largest absolute Gasteiger partial charge is 0.351 e. The molecule has 5 nitrogen and oxygen atoms in total. The van der Waals surface area contributed by atoms with Crippen LogP contribution in [0.3, 0.4) is 0 Å². The molecule has 1 amide bonds. The summed E-state index contributed by atoms with van der Waals surface area (Å²) in [6.45, 7) is 4.51. The minimum atomic E-state index is -0.136. The van der Waals surface area contributed by atoms with Gasteiger partial charge in [0.15, 0.2) is 0 Å². The summed E-state index contributed by atoms with van der Waals surface area (Å²) in [5, 5.41) is 2.90. The van der Waals surface area contributed by atoms with Gasteiger partial charge in [0.1, 0.15) is 6.04 Å². The molecule has 92 valence electrons. The van der Waals surface area contributed by atoms with E-state index in [1.54, 1.807) is 6.20 Å². The van der Waals surface area contributed by atoms with Gasteiger partial charge in [-0.3, -0.25) is 15.2 Å². The Morgan fingerprint density at radius 2 is 2.35 bits per heavy atom. The van der Waals surface area contributed by atoms with Crippen LogP contribution < -0.4 is 16.2 Å². The zero-order valence-corrected chi connectivity index (χ0v) is 10.2. The lowest BCUT2D eigenvalue weighted by molar-refractivity contribution is -0.123. The summed E-state index contributed by atoms with van der Waals surface area (Å²) in [5.74, 6) is 0.0300. The maximum Gasteiger partial charge on any atom is 0.238 e. The molecule has 0 radical (unpaired) electrons. The second-order valence-corrected chi connectivity index (χ2v) is 4.50. The molecule has 1 aliphatic heterocycles. The molecule has 2 atom stereocenters. The molecule has 0 saturated carbocycles. The molecule has 1 aliphatic rings. The summed E-state index contributed by atoms with van der Waals surface area (Å²) in [4.78, 5) is 16.0. The average Bonchev–Trinajstić information content (AvgIpc) is 2.75. The predicted molar refractivity (Wildman–Crippen MR) is 65.0 cm³/mol. The molecular weight excluding hydrogens is 216 g/mol. The standard InChI is InChI=1S/C12H18N4O/c1-8-3-4-10(6-13-8)7-14-12(17)11-5-9(2)15-16-11/h3-4,6,9,11,15-16H,5,7H2,1-2H3,(H,14,17). The van der Waals surface area contributed by atoms with E-state index in [-0.39, 0.29) is 11.9 Å². The molecule has 1 saturated heterocycles. The first-order chi connectivity index (χ1) is 8.15. The molecule has 17 heavy (non-hydrogen) atoms. The Labute approximate surface area is 101 Å². The third-order valence-corrected chi connectivity index (χ3v) is 2.85. The highest BCUT2D eigenvalue weighted by atomic mass is 16.2. The highest BCUT2D eigenvalue weighted by Crippen LogP contribution is 2.04. The smallest absolute Gasteiger partial charge is 0.238 e. The van der Waals surface area contributed by atoms with E-state index in [1.165, 1.54) is 0 Å². The summed E-state index contributed by atoms with van der Waals surface area (Å²) in [6.07, 6.45) is 2.61. The number of rotatable bonds is 3. The Bertz CT molecular complexity index is 390. The fraction of sp³-hybridized carbons (Fsp3) is 0.500. The number of amides is 1. The Balaban J connectivity index is 1.82. The van der Waals surface area contributed by atoms with Gasteiger partial charge in [0.2, 0.25) is 5.91 Å². The summed E-state index contributed by atoms with van der Waals surface area (Å²) in [6, 6.07) is 4.13. The highest BCUT2D eigenvalue weighted by molar-refractivity contribution is 5.81. The number of aryl methyl sites for hydroxylation is 1. The van der Waals surface area contributed by atoms with E-state index >= 15 is 0 Å². The SMILES string of the molecule is Cc1ccc(CNC(=O)C2CC(C)NN2)cn1. The van der Waals surface area contributed by atoms with Gasteiger partial charge in [-0.15, -0.1) is 0 Å². The average molecular weight is 234 g/mol. The Kier molecular flexibility index (Phi) is 3.71. The van der Waals surface area contributed by atoms with E-state index in [9.17, 15) is 4.79 Å². The number of nitrogens with one attached hydrogen (secondary N) is 3. The molecule has 1 aromatic rings. The first-order valence-electron chi connectivity index (χ1n) is 5.85. The number of carbonyl (C=O) groups is 1. The minimum absolute atomic E-state index is 0.0300. The summed E-state index contributed by atoms with van der Waals surface area (Å²) in [7, 11) is 0. The maximum atomic E-state index is 11.8. The fourth-order valence-corrected chi connectivity index (χ4v) is 1.80. The van der Waals surface area contributed by atoms with Gasteiger partial charge in [0.25, 0.3) is 0 Å². The normalized spacial score (nSPS) is 23.6. The van der Waals surface area contributed by atoms with E-state index < -0.39 is 0 Å². The van der Waals surface area contributed by atoms with Crippen molar-refractivity contribution in [2.75, 3.05) is 0 Å². The van der Waals surface area contributed by atoms with E-state index in [2.05, 4.69) is 21.2 Å². The highest BCUT2D eigenvalue weighted by Gasteiger charge is 2.26. The van der Waals surface area contributed by atoms with Crippen molar-refractivity contribution < 1.29 is 4.79 Å². The van der Waals surface area contributed by atoms with Crippen LogP contribution >= 0.6 is 0 Å². The number of aromatic nitrogens is 1. The number of carbonyl (C=O) groups excluding carboxylic acids is 1. The molecule has 5 heteroatoms. The Hall–Kier alpha value is -1.46. The van der Waals surface area contributed by atoms with Crippen molar-refractivity contribution >= 4 is 5.91 Å². The zero-order valence-electron chi connectivity index (χ0n) is 10.2. The molecular formula is C12H18N4O. The summed E-state index contributed by atoms with van der Waals surface area (Å²) >= 11 is 0. The van der Waals surface area contributed by atoms with Gasteiger partial charge in [-0.1, -0.05) is 6.07 Å². The molecule has 2 heterocycles. The number of pyridine rings is 1. The van der Waals surface area contributed by atoms with Crippen molar-refractivity contribution in [3.8, 4) is 0 Å². The molecule has 3 N–H and O–H groups in total. The van der Waals surface area contributed by atoms with Crippen LogP contribution in [0.5, 0.6) is 0 Å². The van der Waals surface area contributed by atoms with Crippen LogP contribution in [0.4, 0.5) is 0 Å². The van der Waals surface area contributed by atoms with Crippen LogP contribution in [0, 0.1) is 6.92 Å². The minimum Gasteiger partial charge on any atom is -0.351 e. The molecule has 0 bridgehead atoms. The van der Waals surface area contributed by atoms with Crippen LogP contribution in [0.15, 0.2) is 18.3 Å². The van der Waals surface area contributed by atoms with Gasteiger partial charge in [0.05, 0.1) is 0 Å². The van der Waals surface area contributed by atoms with E-state index in [0.717, 1.165) is 17.7 Å². The van der Waals surface area contributed by atoms with Gasteiger partial charge < -0.3 is 5.32 Å². The maximum absolute atomic E-state index is 11.8. The molecule has 2 unspecified atom stereocenters. The van der Waals surface area contributed by atoms with Gasteiger partial charge in [-0.25, -0.2) is 5.43 Å². The zero-order chi connectivity index (χ0) is 12.3. The predicted octanol–water partition coefficient (Wildman–Crippen LogP) is 0.261. The van der Waals surface area contributed by atoms with E-state index in [4.69, 9.17) is 0 Å². The van der Waals surface area contributed by atoms with Crippen LogP contribution in [0.2, 0.25) is 0 Å². The summed E-state index contributed by atoms with van der Waals surface area (Å²) in [5.41, 5.74) is 8.01. The van der Waals surface area contributed by atoms with Crippen molar-refractivity contribution in [2.24, 2.45) is 0 Å². The molecule has 1 fully saturated rings. The number of hydrogen-bond donors (Lipinski definition) is 3. The van der Waals surface area contributed by atoms with Crippen molar-refractivity contribution in [3.05, 3.63) is 29.6 Å². The third-order valence-electron chi connectivity index (χ3n) is 2.85. The second kappa shape index (κ2) is 5.25. The van der Waals surface area contributed by atoms with Gasteiger partial charge in [-0.05, 0) is 31.9 Å². The molecule has 1 aromatic heterocycles.